The van der Waals surface area contributed by atoms with Gasteiger partial charge < -0.3 is 9.88 Å². The molecule has 0 bridgehead atoms. The maximum Gasteiger partial charge on any atom is 0.203 e. The standard InChI is InChI=1S/C12H21N3/c1-6-15-8-7-13-10(15)14-9-11(2,3)12(9,4)5/h7-9H,6H2,1-5H3,(H,13,14). The molecule has 1 fully saturated rings. The summed E-state index contributed by atoms with van der Waals surface area (Å²) < 4.78 is 2.14. The Kier molecular flexibility index (Phi) is 2.11. The van der Waals surface area contributed by atoms with Gasteiger partial charge in [0.2, 0.25) is 5.95 Å². The third-order valence-corrected chi connectivity index (χ3v) is 4.35. The lowest BCUT2D eigenvalue weighted by Crippen LogP contribution is -2.14. The van der Waals surface area contributed by atoms with Crippen LogP contribution in [0.2, 0.25) is 0 Å². The molecule has 0 spiro atoms. The van der Waals surface area contributed by atoms with Gasteiger partial charge in [0.15, 0.2) is 0 Å². The van der Waals surface area contributed by atoms with Crippen molar-refractivity contribution in [3.63, 3.8) is 0 Å². The highest BCUT2D eigenvalue weighted by atomic mass is 15.2. The van der Waals surface area contributed by atoms with Crippen molar-refractivity contribution in [3.8, 4) is 0 Å². The van der Waals surface area contributed by atoms with Crippen LogP contribution < -0.4 is 5.32 Å². The van der Waals surface area contributed by atoms with Gasteiger partial charge in [-0.1, -0.05) is 27.7 Å². The van der Waals surface area contributed by atoms with Crippen molar-refractivity contribution in [1.29, 1.82) is 0 Å². The summed E-state index contributed by atoms with van der Waals surface area (Å²) >= 11 is 0. The smallest absolute Gasteiger partial charge is 0.203 e. The lowest BCUT2D eigenvalue weighted by atomic mass is 10.0. The van der Waals surface area contributed by atoms with Gasteiger partial charge in [-0.3, -0.25) is 0 Å². The van der Waals surface area contributed by atoms with E-state index in [4.69, 9.17) is 0 Å². The van der Waals surface area contributed by atoms with E-state index in [9.17, 15) is 0 Å². The summed E-state index contributed by atoms with van der Waals surface area (Å²) in [4.78, 5) is 4.35. The van der Waals surface area contributed by atoms with Crippen molar-refractivity contribution >= 4 is 5.95 Å². The van der Waals surface area contributed by atoms with E-state index in [1.807, 2.05) is 12.4 Å². The van der Waals surface area contributed by atoms with E-state index >= 15 is 0 Å². The summed E-state index contributed by atoms with van der Waals surface area (Å²) in [5.74, 6) is 1.00. The molecule has 0 aromatic carbocycles. The number of aromatic nitrogens is 2. The summed E-state index contributed by atoms with van der Waals surface area (Å²) in [6.45, 7) is 12.3. The first-order valence-corrected chi connectivity index (χ1v) is 5.69. The highest BCUT2D eigenvalue weighted by Crippen LogP contribution is 2.63. The van der Waals surface area contributed by atoms with Gasteiger partial charge in [-0.25, -0.2) is 4.98 Å². The molecule has 0 saturated heterocycles. The first-order valence-electron chi connectivity index (χ1n) is 5.69. The Bertz CT molecular complexity index is 349. The lowest BCUT2D eigenvalue weighted by molar-refractivity contribution is 0.457. The molecule has 15 heavy (non-hydrogen) atoms. The number of anilines is 1. The van der Waals surface area contributed by atoms with Crippen molar-refractivity contribution in [2.24, 2.45) is 10.8 Å². The van der Waals surface area contributed by atoms with Gasteiger partial charge in [-0.05, 0) is 17.8 Å². The van der Waals surface area contributed by atoms with Gasteiger partial charge in [-0.15, -0.1) is 0 Å². The van der Waals surface area contributed by atoms with Crippen LogP contribution in [0.1, 0.15) is 34.6 Å². The number of nitrogens with zero attached hydrogens (tertiary/aromatic N) is 2. The fourth-order valence-corrected chi connectivity index (χ4v) is 2.39. The van der Waals surface area contributed by atoms with E-state index in [-0.39, 0.29) is 0 Å². The number of hydrogen-bond donors (Lipinski definition) is 1. The molecule has 84 valence electrons. The molecular formula is C12H21N3. The monoisotopic (exact) mass is 207 g/mol. The maximum atomic E-state index is 4.35. The second kappa shape index (κ2) is 3.00. The van der Waals surface area contributed by atoms with Gasteiger partial charge >= 0.3 is 0 Å². The fourth-order valence-electron chi connectivity index (χ4n) is 2.39. The van der Waals surface area contributed by atoms with E-state index in [0.29, 0.717) is 16.9 Å². The Morgan fingerprint density at radius 3 is 2.40 bits per heavy atom. The van der Waals surface area contributed by atoms with Crippen LogP contribution in [0.3, 0.4) is 0 Å². The van der Waals surface area contributed by atoms with E-state index in [1.54, 1.807) is 0 Å². The summed E-state index contributed by atoms with van der Waals surface area (Å²) in [5.41, 5.74) is 0.717. The first-order chi connectivity index (χ1) is 6.91. The van der Waals surface area contributed by atoms with Crippen molar-refractivity contribution in [2.75, 3.05) is 5.32 Å². The molecular weight excluding hydrogens is 186 g/mol. The van der Waals surface area contributed by atoms with Gasteiger partial charge in [0.25, 0.3) is 0 Å². The minimum Gasteiger partial charge on any atom is -0.352 e. The van der Waals surface area contributed by atoms with Crippen LogP contribution in [0.5, 0.6) is 0 Å². The van der Waals surface area contributed by atoms with E-state index in [2.05, 4.69) is 49.5 Å². The van der Waals surface area contributed by atoms with Crippen molar-refractivity contribution in [3.05, 3.63) is 12.4 Å². The number of aryl methyl sites for hydroxylation is 1. The number of imidazole rings is 1. The average molecular weight is 207 g/mol. The molecule has 0 amide bonds. The normalized spacial score (nSPS) is 22.7. The molecule has 0 radical (unpaired) electrons. The molecule has 1 aliphatic carbocycles. The second-order valence-electron chi connectivity index (χ2n) is 5.56. The van der Waals surface area contributed by atoms with E-state index < -0.39 is 0 Å². The molecule has 2 rings (SSSR count). The zero-order valence-electron chi connectivity index (χ0n) is 10.3. The molecule has 1 aliphatic rings. The van der Waals surface area contributed by atoms with Gasteiger partial charge in [0, 0.05) is 25.0 Å². The third kappa shape index (κ3) is 1.36. The average Bonchev–Trinajstić information content (AvgIpc) is 2.59. The molecule has 0 unspecified atom stereocenters. The molecule has 1 saturated carbocycles. The van der Waals surface area contributed by atoms with Crippen LogP contribution in [-0.2, 0) is 6.54 Å². The van der Waals surface area contributed by atoms with Crippen molar-refractivity contribution in [2.45, 2.75) is 47.2 Å². The van der Waals surface area contributed by atoms with Crippen molar-refractivity contribution < 1.29 is 0 Å². The Morgan fingerprint density at radius 2 is 1.93 bits per heavy atom. The quantitative estimate of drug-likeness (QED) is 0.826. The SMILES string of the molecule is CCn1ccnc1NC1C(C)(C)C1(C)C. The zero-order valence-corrected chi connectivity index (χ0v) is 10.3. The predicted octanol–water partition coefficient (Wildman–Crippen LogP) is 2.75. The molecule has 1 N–H and O–H groups in total. The van der Waals surface area contributed by atoms with Crippen molar-refractivity contribution in [1.82, 2.24) is 9.55 Å². The largest absolute Gasteiger partial charge is 0.352 e. The molecule has 1 aromatic rings. The molecule has 3 nitrogen and oxygen atoms in total. The first kappa shape index (κ1) is 10.5. The van der Waals surface area contributed by atoms with Crippen LogP contribution in [0, 0.1) is 10.8 Å². The minimum atomic E-state index is 0.359. The third-order valence-electron chi connectivity index (χ3n) is 4.35. The van der Waals surface area contributed by atoms with E-state index in [0.717, 1.165) is 12.5 Å². The summed E-state index contributed by atoms with van der Waals surface area (Å²) in [6, 6.07) is 0.526. The maximum absolute atomic E-state index is 4.35. The second-order valence-corrected chi connectivity index (χ2v) is 5.56. The zero-order chi connectivity index (χ0) is 11.3. The van der Waals surface area contributed by atoms with Crippen LogP contribution in [0.25, 0.3) is 0 Å². The minimum absolute atomic E-state index is 0.359. The van der Waals surface area contributed by atoms with Crippen LogP contribution in [0.4, 0.5) is 5.95 Å². The summed E-state index contributed by atoms with van der Waals surface area (Å²) in [6.07, 6.45) is 3.87. The van der Waals surface area contributed by atoms with Gasteiger partial charge in [0.1, 0.15) is 0 Å². The topological polar surface area (TPSA) is 29.9 Å². The lowest BCUT2D eigenvalue weighted by Gasteiger charge is -2.09. The highest BCUT2D eigenvalue weighted by Gasteiger charge is 2.65. The Balaban J connectivity index is 2.12. The Hall–Kier alpha value is -0.990. The van der Waals surface area contributed by atoms with E-state index in [1.165, 1.54) is 0 Å². The van der Waals surface area contributed by atoms with Crippen LogP contribution in [-0.4, -0.2) is 15.6 Å². The molecule has 1 aromatic heterocycles. The summed E-state index contributed by atoms with van der Waals surface area (Å²) in [5, 5.41) is 3.55. The van der Waals surface area contributed by atoms with Crippen LogP contribution >= 0.6 is 0 Å². The number of rotatable bonds is 3. The highest BCUT2D eigenvalue weighted by molar-refractivity contribution is 5.37. The molecule has 1 heterocycles. The molecule has 0 aliphatic heterocycles. The Labute approximate surface area is 91.9 Å². The summed E-state index contributed by atoms with van der Waals surface area (Å²) in [7, 11) is 0. The fraction of sp³-hybridized carbons (Fsp3) is 0.750. The number of hydrogen-bond acceptors (Lipinski definition) is 2. The van der Waals surface area contributed by atoms with Gasteiger partial charge in [0.05, 0.1) is 0 Å². The van der Waals surface area contributed by atoms with Crippen LogP contribution in [0.15, 0.2) is 12.4 Å². The predicted molar refractivity (Wildman–Crippen MR) is 62.9 cm³/mol. The Morgan fingerprint density at radius 1 is 1.33 bits per heavy atom. The number of nitrogens with one attached hydrogen (secondary N) is 1. The van der Waals surface area contributed by atoms with Gasteiger partial charge in [-0.2, -0.15) is 0 Å². The molecule has 3 heteroatoms. The molecule has 0 atom stereocenters.